The minimum atomic E-state index is -1.05. The van der Waals surface area contributed by atoms with E-state index in [-0.39, 0.29) is 18.7 Å². The van der Waals surface area contributed by atoms with Gasteiger partial charge in [-0.25, -0.2) is 8.78 Å². The van der Waals surface area contributed by atoms with E-state index in [2.05, 4.69) is 0 Å². The monoisotopic (exact) mass is 341 g/mol. The molecule has 1 aromatic rings. The summed E-state index contributed by atoms with van der Waals surface area (Å²) in [6.45, 7) is -0.0313. The fourth-order valence-corrected chi connectivity index (χ4v) is 1.80. The third kappa shape index (κ3) is 2.88. The van der Waals surface area contributed by atoms with Crippen LogP contribution >= 0.6 is 22.6 Å². The number of hydrogen-bond acceptors (Lipinski definition) is 2. The highest BCUT2D eigenvalue weighted by Gasteiger charge is 2.17. The van der Waals surface area contributed by atoms with Crippen LogP contribution in [-0.2, 0) is 0 Å². The Morgan fingerprint density at radius 3 is 2.56 bits per heavy atom. The molecule has 0 fully saturated rings. The van der Waals surface area contributed by atoms with Crippen molar-refractivity contribution in [3.05, 3.63) is 32.9 Å². The Labute approximate surface area is 105 Å². The molecular weight excluding hydrogens is 331 g/mol. The number of carbonyl (C=O) groups excluding carboxylic acids is 1. The van der Waals surface area contributed by atoms with Crippen molar-refractivity contribution in [2.45, 2.75) is 0 Å². The molecule has 0 aliphatic rings. The predicted molar refractivity (Wildman–Crippen MR) is 63.1 cm³/mol. The number of aliphatic hydroxyl groups excluding tert-OH is 1. The van der Waals surface area contributed by atoms with Gasteiger partial charge in [0.25, 0.3) is 5.91 Å². The van der Waals surface area contributed by atoms with E-state index in [0.29, 0.717) is 3.57 Å². The fraction of sp³-hybridized carbons (Fsp3) is 0.300. The Bertz CT molecular complexity index is 412. The summed E-state index contributed by atoms with van der Waals surface area (Å²) in [6, 6.07) is 1.84. The number of nitrogens with zero attached hydrogens (tertiary/aromatic N) is 1. The number of halogens is 3. The highest BCUT2D eigenvalue weighted by Crippen LogP contribution is 2.18. The molecule has 0 unspecified atom stereocenters. The second-order valence-corrected chi connectivity index (χ2v) is 4.36. The Kier molecular flexibility index (Phi) is 4.60. The average molecular weight is 341 g/mol. The largest absolute Gasteiger partial charge is 0.395 e. The van der Waals surface area contributed by atoms with Gasteiger partial charge in [-0.2, -0.15) is 0 Å². The van der Waals surface area contributed by atoms with E-state index in [4.69, 9.17) is 5.11 Å². The molecule has 1 aromatic carbocycles. The van der Waals surface area contributed by atoms with Crippen LogP contribution in [0.1, 0.15) is 10.4 Å². The van der Waals surface area contributed by atoms with Gasteiger partial charge in [0.15, 0.2) is 11.6 Å². The molecule has 0 aliphatic carbocycles. The number of amides is 1. The molecule has 1 N–H and O–H groups in total. The standard InChI is InChI=1S/C10H10F2INO2/c1-14(2-3-15)10(16)6-4-7(11)8(12)5-9(6)13/h4-5,15H,2-3H2,1H3. The van der Waals surface area contributed by atoms with E-state index in [9.17, 15) is 13.6 Å². The molecule has 0 aromatic heterocycles. The topological polar surface area (TPSA) is 40.5 Å². The van der Waals surface area contributed by atoms with Crippen molar-refractivity contribution in [2.75, 3.05) is 20.2 Å². The molecule has 16 heavy (non-hydrogen) atoms. The first-order valence-corrected chi connectivity index (χ1v) is 5.56. The molecule has 1 amide bonds. The molecule has 3 nitrogen and oxygen atoms in total. The van der Waals surface area contributed by atoms with E-state index in [1.807, 2.05) is 0 Å². The summed E-state index contributed by atoms with van der Waals surface area (Å²) in [7, 11) is 1.48. The Balaban J connectivity index is 3.04. The SMILES string of the molecule is CN(CCO)C(=O)c1cc(F)c(F)cc1I. The van der Waals surface area contributed by atoms with Crippen molar-refractivity contribution in [3.63, 3.8) is 0 Å². The van der Waals surface area contributed by atoms with Crippen molar-refractivity contribution in [2.24, 2.45) is 0 Å². The van der Waals surface area contributed by atoms with E-state index in [1.165, 1.54) is 11.9 Å². The number of rotatable bonds is 3. The number of likely N-dealkylation sites (N-methyl/N-ethyl adjacent to an activating group) is 1. The molecule has 0 heterocycles. The Morgan fingerprint density at radius 1 is 1.44 bits per heavy atom. The van der Waals surface area contributed by atoms with Crippen LogP contribution in [0, 0.1) is 15.2 Å². The van der Waals surface area contributed by atoms with Gasteiger partial charge in [-0.05, 0) is 34.7 Å². The van der Waals surface area contributed by atoms with Gasteiger partial charge in [-0.15, -0.1) is 0 Å². The van der Waals surface area contributed by atoms with Crippen LogP contribution in [0.25, 0.3) is 0 Å². The van der Waals surface area contributed by atoms with Gasteiger partial charge in [-0.3, -0.25) is 4.79 Å². The van der Waals surface area contributed by atoms with Crippen LogP contribution in [0.5, 0.6) is 0 Å². The molecule has 0 bridgehead atoms. The molecule has 0 atom stereocenters. The summed E-state index contributed by atoms with van der Waals surface area (Å²) >= 11 is 1.76. The van der Waals surface area contributed by atoms with E-state index < -0.39 is 17.5 Å². The van der Waals surface area contributed by atoms with Crippen molar-refractivity contribution in [1.82, 2.24) is 4.90 Å². The van der Waals surface area contributed by atoms with Crippen molar-refractivity contribution >= 4 is 28.5 Å². The van der Waals surface area contributed by atoms with Crippen LogP contribution in [0.2, 0.25) is 0 Å². The molecule has 0 saturated carbocycles. The second kappa shape index (κ2) is 5.53. The summed E-state index contributed by atoms with van der Waals surface area (Å²) in [4.78, 5) is 13.0. The zero-order valence-electron chi connectivity index (χ0n) is 8.51. The number of carbonyl (C=O) groups is 1. The molecule has 88 valence electrons. The molecular formula is C10H10F2INO2. The highest BCUT2D eigenvalue weighted by atomic mass is 127. The zero-order chi connectivity index (χ0) is 12.3. The third-order valence-electron chi connectivity index (χ3n) is 2.02. The number of aliphatic hydroxyl groups is 1. The molecule has 0 aliphatic heterocycles. The van der Waals surface area contributed by atoms with Crippen molar-refractivity contribution in [3.8, 4) is 0 Å². The first-order valence-electron chi connectivity index (χ1n) is 4.48. The Morgan fingerprint density at radius 2 is 2.00 bits per heavy atom. The molecule has 1 rings (SSSR count). The van der Waals surface area contributed by atoms with Crippen LogP contribution in [0.3, 0.4) is 0 Å². The molecule has 0 spiro atoms. The van der Waals surface area contributed by atoms with E-state index >= 15 is 0 Å². The van der Waals surface area contributed by atoms with Gasteiger partial charge in [0.1, 0.15) is 0 Å². The number of benzene rings is 1. The van der Waals surface area contributed by atoms with Gasteiger partial charge in [0, 0.05) is 17.2 Å². The minimum Gasteiger partial charge on any atom is -0.395 e. The normalized spacial score (nSPS) is 10.3. The first-order chi connectivity index (χ1) is 7.47. The lowest BCUT2D eigenvalue weighted by atomic mass is 10.2. The minimum absolute atomic E-state index is 0.0930. The number of hydrogen-bond donors (Lipinski definition) is 1. The predicted octanol–water partition coefficient (Wildman–Crippen LogP) is 1.63. The Hall–Kier alpha value is -0.760. The summed E-state index contributed by atoms with van der Waals surface area (Å²) in [5.74, 6) is -2.48. The van der Waals surface area contributed by atoms with Crippen molar-refractivity contribution in [1.29, 1.82) is 0 Å². The van der Waals surface area contributed by atoms with Gasteiger partial charge in [-0.1, -0.05) is 0 Å². The maximum absolute atomic E-state index is 13.0. The van der Waals surface area contributed by atoms with Gasteiger partial charge in [0.05, 0.1) is 12.2 Å². The fourth-order valence-electron chi connectivity index (χ4n) is 1.14. The van der Waals surface area contributed by atoms with Crippen molar-refractivity contribution < 1.29 is 18.7 Å². The van der Waals surface area contributed by atoms with Gasteiger partial charge >= 0.3 is 0 Å². The maximum atomic E-state index is 13.0. The van der Waals surface area contributed by atoms with Crippen LogP contribution in [0.15, 0.2) is 12.1 Å². The second-order valence-electron chi connectivity index (χ2n) is 3.20. The van der Waals surface area contributed by atoms with Gasteiger partial charge in [0.2, 0.25) is 0 Å². The molecule has 6 heteroatoms. The first kappa shape index (κ1) is 13.3. The lowest BCUT2D eigenvalue weighted by Gasteiger charge is -2.16. The summed E-state index contributed by atoms with van der Waals surface area (Å²) in [5, 5.41) is 8.67. The maximum Gasteiger partial charge on any atom is 0.254 e. The molecule has 0 radical (unpaired) electrons. The van der Waals surface area contributed by atoms with Gasteiger partial charge < -0.3 is 10.0 Å². The van der Waals surface area contributed by atoms with Crippen LogP contribution in [0.4, 0.5) is 8.78 Å². The third-order valence-corrected chi connectivity index (χ3v) is 2.91. The van der Waals surface area contributed by atoms with E-state index in [1.54, 1.807) is 22.6 Å². The zero-order valence-corrected chi connectivity index (χ0v) is 10.7. The summed E-state index contributed by atoms with van der Waals surface area (Å²) in [5.41, 5.74) is 0.0930. The summed E-state index contributed by atoms with van der Waals surface area (Å²) < 4.78 is 26.1. The average Bonchev–Trinajstić information content (AvgIpc) is 2.23. The van der Waals surface area contributed by atoms with E-state index in [0.717, 1.165) is 12.1 Å². The lowest BCUT2D eigenvalue weighted by Crippen LogP contribution is -2.30. The van der Waals surface area contributed by atoms with Crippen LogP contribution in [-0.4, -0.2) is 36.1 Å². The smallest absolute Gasteiger partial charge is 0.254 e. The molecule has 0 saturated heterocycles. The van der Waals surface area contributed by atoms with Crippen LogP contribution < -0.4 is 0 Å². The highest BCUT2D eigenvalue weighted by molar-refractivity contribution is 14.1. The lowest BCUT2D eigenvalue weighted by molar-refractivity contribution is 0.0765. The quantitative estimate of drug-likeness (QED) is 0.671. The summed E-state index contributed by atoms with van der Waals surface area (Å²) in [6.07, 6.45) is 0.